The number of rotatable bonds is 6. The largest absolute Gasteiger partial charge is 0.381 e. The fourth-order valence-corrected chi connectivity index (χ4v) is 4.02. The molecule has 0 aliphatic heterocycles. The summed E-state index contributed by atoms with van der Waals surface area (Å²) in [6.45, 7) is 2.50. The maximum Gasteiger partial charge on any atom is 0.241 e. The zero-order chi connectivity index (χ0) is 14.8. The minimum atomic E-state index is -3.46. The van der Waals surface area contributed by atoms with Gasteiger partial charge in [-0.25, -0.2) is 13.1 Å². The molecule has 0 saturated heterocycles. The van der Waals surface area contributed by atoms with Gasteiger partial charge in [-0.2, -0.15) is 0 Å². The average molecular weight is 298 g/mol. The lowest BCUT2D eigenvalue weighted by molar-refractivity contribution is 0.0236. The van der Waals surface area contributed by atoms with Gasteiger partial charge in [-0.3, -0.25) is 0 Å². The highest BCUT2D eigenvalue weighted by Crippen LogP contribution is 2.26. The third-order valence-electron chi connectivity index (χ3n) is 3.80. The van der Waals surface area contributed by atoms with Crippen molar-refractivity contribution in [2.75, 3.05) is 14.2 Å². The molecule has 5 nitrogen and oxygen atoms in total. The Morgan fingerprint density at radius 3 is 2.65 bits per heavy atom. The fourth-order valence-electron chi connectivity index (χ4n) is 2.47. The molecule has 0 bridgehead atoms. The lowest BCUT2D eigenvalue weighted by Gasteiger charge is -2.34. The van der Waals surface area contributed by atoms with E-state index >= 15 is 0 Å². The molecule has 6 heteroatoms. The molecule has 1 aliphatic carbocycles. The normalized spacial score (nSPS) is 22.6. The first-order valence-electron chi connectivity index (χ1n) is 6.76. The highest BCUT2D eigenvalue weighted by Gasteiger charge is 2.33. The second kappa shape index (κ2) is 6.22. The predicted octanol–water partition coefficient (Wildman–Crippen LogP) is 1.17. The summed E-state index contributed by atoms with van der Waals surface area (Å²) in [6.07, 6.45) is 1.66. The van der Waals surface area contributed by atoms with Crippen LogP contribution in [0.3, 0.4) is 0 Å². The molecule has 0 aromatic heterocycles. The number of nitrogens with one attached hydrogen (secondary N) is 2. The van der Waals surface area contributed by atoms with E-state index in [4.69, 9.17) is 4.74 Å². The van der Waals surface area contributed by atoms with E-state index in [0.29, 0.717) is 11.4 Å². The van der Waals surface area contributed by atoms with E-state index in [1.54, 1.807) is 19.2 Å². The highest BCUT2D eigenvalue weighted by molar-refractivity contribution is 7.89. The van der Waals surface area contributed by atoms with Crippen molar-refractivity contribution < 1.29 is 13.2 Å². The fraction of sp³-hybridized carbons (Fsp3) is 0.571. The van der Waals surface area contributed by atoms with Gasteiger partial charge in [0, 0.05) is 19.7 Å². The van der Waals surface area contributed by atoms with Crippen LogP contribution in [-0.2, 0) is 21.3 Å². The Morgan fingerprint density at radius 1 is 1.35 bits per heavy atom. The SMILES string of the molecule is CNCc1cccc(S(=O)(=O)NC2CC(OC)C2)c1C. The van der Waals surface area contributed by atoms with Gasteiger partial charge < -0.3 is 10.1 Å². The van der Waals surface area contributed by atoms with E-state index < -0.39 is 10.0 Å². The van der Waals surface area contributed by atoms with Crippen molar-refractivity contribution in [3.8, 4) is 0 Å². The maximum absolute atomic E-state index is 12.4. The van der Waals surface area contributed by atoms with Crippen molar-refractivity contribution in [3.05, 3.63) is 29.3 Å². The summed E-state index contributed by atoms with van der Waals surface area (Å²) in [4.78, 5) is 0.367. The van der Waals surface area contributed by atoms with Crippen molar-refractivity contribution >= 4 is 10.0 Å². The van der Waals surface area contributed by atoms with Crippen molar-refractivity contribution in [1.82, 2.24) is 10.0 Å². The first-order chi connectivity index (χ1) is 9.47. The van der Waals surface area contributed by atoms with Gasteiger partial charge in [0.15, 0.2) is 0 Å². The van der Waals surface area contributed by atoms with Crippen LogP contribution in [0.1, 0.15) is 24.0 Å². The first kappa shape index (κ1) is 15.4. The molecule has 1 saturated carbocycles. The van der Waals surface area contributed by atoms with E-state index in [2.05, 4.69) is 10.0 Å². The second-order valence-electron chi connectivity index (χ2n) is 5.22. The molecule has 2 N–H and O–H groups in total. The summed E-state index contributed by atoms with van der Waals surface area (Å²) in [5.41, 5.74) is 1.80. The zero-order valence-electron chi connectivity index (χ0n) is 12.1. The summed E-state index contributed by atoms with van der Waals surface area (Å²) in [7, 11) is 0.0420. The van der Waals surface area contributed by atoms with E-state index in [1.165, 1.54) is 0 Å². The Hall–Kier alpha value is -0.950. The number of hydrogen-bond donors (Lipinski definition) is 2. The monoisotopic (exact) mass is 298 g/mol. The van der Waals surface area contributed by atoms with Gasteiger partial charge in [-0.05, 0) is 44.0 Å². The van der Waals surface area contributed by atoms with Crippen LogP contribution in [0.25, 0.3) is 0 Å². The Balaban J connectivity index is 2.15. The molecular weight excluding hydrogens is 276 g/mol. The van der Waals surface area contributed by atoms with Crippen LogP contribution in [0.5, 0.6) is 0 Å². The number of methoxy groups -OCH3 is 1. The molecule has 0 unspecified atom stereocenters. The molecule has 1 fully saturated rings. The smallest absolute Gasteiger partial charge is 0.241 e. The van der Waals surface area contributed by atoms with Gasteiger partial charge in [0.2, 0.25) is 10.0 Å². The average Bonchev–Trinajstić information content (AvgIpc) is 2.36. The van der Waals surface area contributed by atoms with Gasteiger partial charge in [-0.1, -0.05) is 12.1 Å². The lowest BCUT2D eigenvalue weighted by atomic mass is 9.90. The Kier molecular flexibility index (Phi) is 4.80. The van der Waals surface area contributed by atoms with Gasteiger partial charge >= 0.3 is 0 Å². The Bertz CT molecular complexity index is 566. The first-order valence-corrected chi connectivity index (χ1v) is 8.24. The lowest BCUT2D eigenvalue weighted by Crippen LogP contribution is -2.47. The summed E-state index contributed by atoms with van der Waals surface area (Å²) in [6, 6.07) is 5.36. The number of sulfonamides is 1. The molecule has 1 aliphatic rings. The van der Waals surface area contributed by atoms with Gasteiger partial charge in [-0.15, -0.1) is 0 Å². The molecule has 0 atom stereocenters. The van der Waals surface area contributed by atoms with Crippen molar-refractivity contribution in [1.29, 1.82) is 0 Å². The second-order valence-corrected chi connectivity index (χ2v) is 6.90. The topological polar surface area (TPSA) is 67.4 Å². The molecule has 0 amide bonds. The van der Waals surface area contributed by atoms with Crippen LogP contribution in [0, 0.1) is 6.92 Å². The van der Waals surface area contributed by atoms with Crippen LogP contribution >= 0.6 is 0 Å². The van der Waals surface area contributed by atoms with Crippen LogP contribution in [0.2, 0.25) is 0 Å². The minimum absolute atomic E-state index is 0.0164. The number of benzene rings is 1. The van der Waals surface area contributed by atoms with Crippen molar-refractivity contribution in [2.24, 2.45) is 0 Å². The van der Waals surface area contributed by atoms with E-state index in [9.17, 15) is 8.42 Å². The number of hydrogen-bond acceptors (Lipinski definition) is 4. The standard InChI is InChI=1S/C14H22N2O3S/c1-10-11(9-15-2)5-4-6-14(10)20(17,18)16-12-7-13(8-12)19-3/h4-6,12-13,15-16H,7-9H2,1-3H3. The highest BCUT2D eigenvalue weighted by atomic mass is 32.2. The summed E-state index contributed by atoms with van der Waals surface area (Å²) in [5.74, 6) is 0. The van der Waals surface area contributed by atoms with Crippen LogP contribution in [0.4, 0.5) is 0 Å². The third kappa shape index (κ3) is 3.20. The molecular formula is C14H22N2O3S. The summed E-state index contributed by atoms with van der Waals surface area (Å²) < 4.78 is 32.8. The quantitative estimate of drug-likeness (QED) is 0.827. The summed E-state index contributed by atoms with van der Waals surface area (Å²) in [5, 5.41) is 3.05. The molecule has 112 valence electrons. The van der Waals surface area contributed by atoms with Crippen LogP contribution in [-0.4, -0.2) is 34.7 Å². The molecule has 1 aromatic carbocycles. The van der Waals surface area contributed by atoms with E-state index in [-0.39, 0.29) is 12.1 Å². The van der Waals surface area contributed by atoms with E-state index in [0.717, 1.165) is 24.0 Å². The van der Waals surface area contributed by atoms with Crippen LogP contribution in [0.15, 0.2) is 23.1 Å². The Labute approximate surface area is 120 Å². The maximum atomic E-state index is 12.4. The van der Waals surface area contributed by atoms with Crippen molar-refractivity contribution in [3.63, 3.8) is 0 Å². The van der Waals surface area contributed by atoms with Crippen molar-refractivity contribution in [2.45, 2.75) is 43.4 Å². The van der Waals surface area contributed by atoms with Gasteiger partial charge in [0.25, 0.3) is 0 Å². The summed E-state index contributed by atoms with van der Waals surface area (Å²) >= 11 is 0. The molecule has 2 rings (SSSR count). The molecule has 0 heterocycles. The predicted molar refractivity (Wildman–Crippen MR) is 78.1 cm³/mol. The van der Waals surface area contributed by atoms with E-state index in [1.807, 2.05) is 20.0 Å². The van der Waals surface area contributed by atoms with Crippen LogP contribution < -0.4 is 10.0 Å². The minimum Gasteiger partial charge on any atom is -0.381 e. The Morgan fingerprint density at radius 2 is 2.05 bits per heavy atom. The number of ether oxygens (including phenoxy) is 1. The van der Waals surface area contributed by atoms with Gasteiger partial charge in [0.1, 0.15) is 0 Å². The third-order valence-corrected chi connectivity index (χ3v) is 5.47. The molecule has 0 radical (unpaired) electrons. The molecule has 1 aromatic rings. The molecule has 20 heavy (non-hydrogen) atoms. The molecule has 0 spiro atoms. The zero-order valence-corrected chi connectivity index (χ0v) is 13.0. The van der Waals surface area contributed by atoms with Gasteiger partial charge in [0.05, 0.1) is 11.0 Å².